The molecule has 1 saturated heterocycles. The van der Waals surface area contributed by atoms with Gasteiger partial charge in [0, 0.05) is 12.3 Å². The normalized spacial score (nSPS) is 15.1. The van der Waals surface area contributed by atoms with Crippen molar-refractivity contribution >= 4 is 11.7 Å². The second-order valence-electron chi connectivity index (χ2n) is 6.00. The summed E-state index contributed by atoms with van der Waals surface area (Å²) in [5.41, 5.74) is -2.25. The first-order chi connectivity index (χ1) is 13.0. The summed E-state index contributed by atoms with van der Waals surface area (Å²) >= 11 is 0. The number of ether oxygens (including phenoxy) is 1. The third-order valence-electron chi connectivity index (χ3n) is 3.96. The molecule has 2 aromatic rings. The fourth-order valence-electron chi connectivity index (χ4n) is 2.50. The van der Waals surface area contributed by atoms with Gasteiger partial charge in [0.05, 0.1) is 29.9 Å². The van der Waals surface area contributed by atoms with E-state index >= 15 is 0 Å². The number of amides is 2. The summed E-state index contributed by atoms with van der Waals surface area (Å²) in [6.45, 7) is 0.117. The highest BCUT2D eigenvalue weighted by Gasteiger charge is 2.36. The van der Waals surface area contributed by atoms with Crippen LogP contribution in [0.4, 0.5) is 36.8 Å². The Morgan fingerprint density at radius 1 is 1.04 bits per heavy atom. The molecule has 0 saturated carbocycles. The lowest BCUT2D eigenvalue weighted by Gasteiger charge is -2.38. The van der Waals surface area contributed by atoms with E-state index in [1.54, 1.807) is 0 Å². The number of alkyl halides is 6. The van der Waals surface area contributed by atoms with Crippen LogP contribution in [0.2, 0.25) is 0 Å². The van der Waals surface area contributed by atoms with Gasteiger partial charge >= 0.3 is 18.4 Å². The Hall–Kier alpha value is -2.98. The van der Waals surface area contributed by atoms with Crippen LogP contribution in [0.15, 0.2) is 42.6 Å². The van der Waals surface area contributed by atoms with E-state index in [-0.39, 0.29) is 24.7 Å². The van der Waals surface area contributed by atoms with E-state index in [9.17, 15) is 31.1 Å². The average Bonchev–Trinajstić information content (AvgIpc) is 2.56. The summed E-state index contributed by atoms with van der Waals surface area (Å²) in [6, 6.07) is 5.71. The van der Waals surface area contributed by atoms with Crippen LogP contribution in [-0.2, 0) is 12.4 Å². The molecule has 11 heteroatoms. The predicted molar refractivity (Wildman–Crippen MR) is 85.7 cm³/mol. The van der Waals surface area contributed by atoms with Crippen molar-refractivity contribution in [2.24, 2.45) is 0 Å². The smallest absolute Gasteiger partial charge is 0.418 e. The minimum atomic E-state index is -4.61. The van der Waals surface area contributed by atoms with Crippen molar-refractivity contribution in [1.29, 1.82) is 0 Å². The number of urea groups is 1. The van der Waals surface area contributed by atoms with Gasteiger partial charge in [-0.25, -0.2) is 9.78 Å². The average molecular weight is 405 g/mol. The number of para-hydroxylation sites is 1. The van der Waals surface area contributed by atoms with E-state index in [0.717, 1.165) is 24.3 Å². The first-order valence-electron chi connectivity index (χ1n) is 7.96. The molecule has 2 amide bonds. The van der Waals surface area contributed by atoms with Crippen molar-refractivity contribution < 1.29 is 35.9 Å². The standard InChI is InChI=1S/C17H13F6N3O2/c18-16(19,20)10-5-6-14(24-7-10)28-11-8-26(9-11)15(27)25-13-4-2-1-3-12(13)17(21,22)23/h1-7,11H,8-9H2,(H,25,27). The van der Waals surface area contributed by atoms with Crippen molar-refractivity contribution in [3.8, 4) is 5.88 Å². The molecular formula is C17H13F6N3O2. The van der Waals surface area contributed by atoms with Gasteiger partial charge < -0.3 is 15.0 Å². The molecule has 2 heterocycles. The molecule has 0 aliphatic carbocycles. The third kappa shape index (κ3) is 4.46. The molecule has 5 nitrogen and oxygen atoms in total. The van der Waals surface area contributed by atoms with Gasteiger partial charge in [0.2, 0.25) is 5.88 Å². The Morgan fingerprint density at radius 2 is 1.71 bits per heavy atom. The summed E-state index contributed by atoms with van der Waals surface area (Å²) in [5.74, 6) is -0.0412. The number of rotatable bonds is 3. The number of nitrogens with one attached hydrogen (secondary N) is 1. The summed E-state index contributed by atoms with van der Waals surface area (Å²) in [7, 11) is 0. The van der Waals surface area contributed by atoms with Gasteiger partial charge in [0.1, 0.15) is 6.10 Å². The zero-order valence-electron chi connectivity index (χ0n) is 14.0. The fraction of sp³-hybridized carbons (Fsp3) is 0.294. The van der Waals surface area contributed by atoms with Crippen molar-refractivity contribution in [3.05, 3.63) is 53.7 Å². The monoisotopic (exact) mass is 405 g/mol. The molecular weight excluding hydrogens is 392 g/mol. The number of hydrogen-bond donors (Lipinski definition) is 1. The molecule has 1 fully saturated rings. The van der Waals surface area contributed by atoms with Crippen molar-refractivity contribution in [2.75, 3.05) is 18.4 Å². The minimum absolute atomic E-state index is 0.0412. The Morgan fingerprint density at radius 3 is 2.29 bits per heavy atom. The molecule has 0 atom stereocenters. The summed E-state index contributed by atoms with van der Waals surface area (Å²) < 4.78 is 81.6. The number of carbonyl (C=O) groups is 1. The maximum atomic E-state index is 12.9. The number of aromatic nitrogens is 1. The predicted octanol–water partition coefficient (Wildman–Crippen LogP) is 4.41. The van der Waals surface area contributed by atoms with E-state index in [1.165, 1.54) is 17.0 Å². The Balaban J connectivity index is 1.54. The minimum Gasteiger partial charge on any atom is -0.471 e. The van der Waals surface area contributed by atoms with E-state index < -0.39 is 35.6 Å². The van der Waals surface area contributed by atoms with Crippen LogP contribution >= 0.6 is 0 Å². The second-order valence-corrected chi connectivity index (χ2v) is 6.00. The van der Waals surface area contributed by atoms with Gasteiger partial charge in [-0.05, 0) is 18.2 Å². The maximum Gasteiger partial charge on any atom is 0.418 e. The molecule has 1 N–H and O–H groups in total. The lowest BCUT2D eigenvalue weighted by Crippen LogP contribution is -2.57. The molecule has 1 aromatic carbocycles. The fourth-order valence-corrected chi connectivity index (χ4v) is 2.50. The highest BCUT2D eigenvalue weighted by atomic mass is 19.4. The first kappa shape index (κ1) is 19.8. The van der Waals surface area contributed by atoms with E-state index in [4.69, 9.17) is 4.74 Å². The van der Waals surface area contributed by atoms with Crippen molar-refractivity contribution in [3.63, 3.8) is 0 Å². The van der Waals surface area contributed by atoms with Gasteiger partial charge in [-0.1, -0.05) is 12.1 Å². The number of benzene rings is 1. The first-order valence-corrected chi connectivity index (χ1v) is 7.96. The van der Waals surface area contributed by atoms with Crippen LogP contribution in [0, 0.1) is 0 Å². The van der Waals surface area contributed by atoms with Crippen LogP contribution in [0.5, 0.6) is 5.88 Å². The quantitative estimate of drug-likeness (QED) is 0.770. The highest BCUT2D eigenvalue weighted by molar-refractivity contribution is 5.90. The van der Waals surface area contributed by atoms with Gasteiger partial charge in [-0.2, -0.15) is 26.3 Å². The summed E-state index contributed by atoms with van der Waals surface area (Å²) in [6.07, 6.45) is -9.01. The molecule has 3 rings (SSSR count). The Bertz CT molecular complexity index is 845. The van der Waals surface area contributed by atoms with Crippen LogP contribution in [0.25, 0.3) is 0 Å². The van der Waals surface area contributed by atoms with E-state index in [2.05, 4.69) is 10.3 Å². The van der Waals surface area contributed by atoms with Gasteiger partial charge in [0.25, 0.3) is 0 Å². The zero-order valence-corrected chi connectivity index (χ0v) is 14.0. The topological polar surface area (TPSA) is 54.5 Å². The lowest BCUT2D eigenvalue weighted by atomic mass is 10.1. The SMILES string of the molecule is O=C(Nc1ccccc1C(F)(F)F)N1CC(Oc2ccc(C(F)(F)F)cn2)C1. The number of pyridine rings is 1. The molecule has 0 unspecified atom stereocenters. The molecule has 1 aliphatic rings. The molecule has 0 radical (unpaired) electrons. The molecule has 150 valence electrons. The van der Waals surface area contributed by atoms with Crippen LogP contribution in [0.3, 0.4) is 0 Å². The Kier molecular flexibility index (Phi) is 5.09. The third-order valence-corrected chi connectivity index (χ3v) is 3.96. The van der Waals surface area contributed by atoms with Crippen molar-refractivity contribution in [1.82, 2.24) is 9.88 Å². The van der Waals surface area contributed by atoms with E-state index in [0.29, 0.717) is 6.20 Å². The largest absolute Gasteiger partial charge is 0.471 e. The van der Waals surface area contributed by atoms with Crippen molar-refractivity contribution in [2.45, 2.75) is 18.5 Å². The number of halogens is 6. The summed E-state index contributed by atoms with van der Waals surface area (Å²) in [5, 5.41) is 2.20. The number of hydrogen-bond acceptors (Lipinski definition) is 3. The van der Waals surface area contributed by atoms with Gasteiger partial charge in [-0.3, -0.25) is 0 Å². The van der Waals surface area contributed by atoms with Gasteiger partial charge in [-0.15, -0.1) is 0 Å². The van der Waals surface area contributed by atoms with Gasteiger partial charge in [0.15, 0.2) is 0 Å². The van der Waals surface area contributed by atoms with Crippen LogP contribution in [-0.4, -0.2) is 35.1 Å². The zero-order chi connectivity index (χ0) is 20.5. The number of nitrogens with zero attached hydrogens (tertiary/aromatic N) is 2. The molecule has 1 aliphatic heterocycles. The number of anilines is 1. The van der Waals surface area contributed by atoms with Crippen LogP contribution in [0.1, 0.15) is 11.1 Å². The molecule has 28 heavy (non-hydrogen) atoms. The maximum absolute atomic E-state index is 12.9. The second kappa shape index (κ2) is 7.21. The lowest BCUT2D eigenvalue weighted by molar-refractivity contribution is -0.138. The molecule has 1 aromatic heterocycles. The molecule has 0 spiro atoms. The molecule has 0 bridgehead atoms. The van der Waals surface area contributed by atoms with Crippen LogP contribution < -0.4 is 10.1 Å². The number of likely N-dealkylation sites (tertiary alicyclic amines) is 1. The highest BCUT2D eigenvalue weighted by Crippen LogP contribution is 2.35. The number of carbonyl (C=O) groups excluding carboxylic acids is 1. The van der Waals surface area contributed by atoms with E-state index in [1.807, 2.05) is 0 Å². The summed E-state index contributed by atoms with van der Waals surface area (Å²) in [4.78, 5) is 16.8. The Labute approximate surface area is 154 Å².